The molecule has 0 bridgehead atoms. The van der Waals surface area contributed by atoms with Gasteiger partial charge in [0.05, 0.1) is 5.70 Å². The van der Waals surface area contributed by atoms with E-state index in [2.05, 4.69) is 5.73 Å². The van der Waals surface area contributed by atoms with Gasteiger partial charge in [-0.1, -0.05) is 0 Å². The maximum atomic E-state index is 11.0. The molecule has 0 heterocycles. The van der Waals surface area contributed by atoms with Crippen molar-refractivity contribution < 1.29 is 9.59 Å². The Labute approximate surface area is 70.7 Å². The number of imide groups is 1. The lowest BCUT2D eigenvalue weighted by molar-refractivity contribution is -0.139. The van der Waals surface area contributed by atoms with E-state index >= 15 is 0 Å². The number of rotatable bonds is 1. The van der Waals surface area contributed by atoms with Gasteiger partial charge < -0.3 is 0 Å². The Bertz CT molecular complexity index is 305. The highest BCUT2D eigenvalue weighted by Gasteiger charge is 2.16. The molecule has 1 rings (SSSR count). The fraction of sp³-hybridized carbons (Fsp3) is 0.222. The topological polar surface area (TPSA) is 37.4 Å². The molecule has 0 radical (unpaired) electrons. The molecule has 0 spiro atoms. The maximum Gasteiger partial charge on any atom is 0.230 e. The van der Waals surface area contributed by atoms with E-state index in [9.17, 15) is 9.59 Å². The Balaban J connectivity index is 2.88. The third kappa shape index (κ3) is 1.52. The third-order valence-electron chi connectivity index (χ3n) is 1.47. The Morgan fingerprint density at radius 3 is 2.25 bits per heavy atom. The lowest BCUT2D eigenvalue weighted by Crippen LogP contribution is -2.31. The van der Waals surface area contributed by atoms with Crippen molar-refractivity contribution in [2.24, 2.45) is 0 Å². The van der Waals surface area contributed by atoms with Crippen LogP contribution in [0.4, 0.5) is 0 Å². The average Bonchev–Trinajstić information content (AvgIpc) is 2.37. The predicted octanol–water partition coefficient (Wildman–Crippen LogP) is 0.990. The summed E-state index contributed by atoms with van der Waals surface area (Å²) >= 11 is 0. The zero-order valence-electron chi connectivity index (χ0n) is 7.00. The minimum absolute atomic E-state index is 0.276. The van der Waals surface area contributed by atoms with Gasteiger partial charge in [0.2, 0.25) is 11.8 Å². The Morgan fingerprint density at radius 2 is 1.92 bits per heavy atom. The Hall–Kier alpha value is -1.60. The van der Waals surface area contributed by atoms with E-state index in [0.29, 0.717) is 5.70 Å². The van der Waals surface area contributed by atoms with Crippen molar-refractivity contribution in [3.05, 3.63) is 29.7 Å². The van der Waals surface area contributed by atoms with Crippen LogP contribution in [0, 0.1) is 0 Å². The Morgan fingerprint density at radius 1 is 1.33 bits per heavy atom. The zero-order valence-corrected chi connectivity index (χ0v) is 7.00. The van der Waals surface area contributed by atoms with Crippen LogP contribution in [0.1, 0.15) is 13.8 Å². The van der Waals surface area contributed by atoms with Crippen LogP contribution in [0.5, 0.6) is 0 Å². The fourth-order valence-corrected chi connectivity index (χ4v) is 1.04. The molecular weight excluding hydrogens is 154 g/mol. The molecule has 0 N–H and O–H groups in total. The summed E-state index contributed by atoms with van der Waals surface area (Å²) in [5.74, 6) is -0.552. The zero-order chi connectivity index (χ0) is 9.14. The molecule has 3 nitrogen and oxygen atoms in total. The molecule has 62 valence electrons. The summed E-state index contributed by atoms with van der Waals surface area (Å²) in [6, 6.07) is 0. The number of carbonyl (C=O) groups is 2. The lowest BCUT2D eigenvalue weighted by Gasteiger charge is -2.15. The molecule has 0 aromatic heterocycles. The standard InChI is InChI=1S/C9H9NO2/c1-7(11)10(8(2)12)9-5-3-4-6-9/h3,5-6H,1-2H3. The highest BCUT2D eigenvalue weighted by atomic mass is 16.2. The lowest BCUT2D eigenvalue weighted by atomic mass is 10.3. The van der Waals surface area contributed by atoms with E-state index in [1.807, 2.05) is 0 Å². The van der Waals surface area contributed by atoms with E-state index in [0.717, 1.165) is 4.90 Å². The second-order valence-electron chi connectivity index (χ2n) is 2.44. The Kier molecular flexibility index (Phi) is 2.26. The maximum absolute atomic E-state index is 11.0. The highest BCUT2D eigenvalue weighted by Crippen LogP contribution is 2.10. The molecule has 0 saturated heterocycles. The molecule has 3 heteroatoms. The monoisotopic (exact) mass is 163 g/mol. The van der Waals surface area contributed by atoms with Gasteiger partial charge in [0.1, 0.15) is 0 Å². The fourth-order valence-electron chi connectivity index (χ4n) is 1.04. The van der Waals surface area contributed by atoms with Crippen molar-refractivity contribution in [1.82, 2.24) is 4.90 Å². The molecule has 0 aromatic carbocycles. The second-order valence-corrected chi connectivity index (χ2v) is 2.44. The number of carbonyl (C=O) groups excluding carboxylic acids is 2. The second kappa shape index (κ2) is 3.20. The molecule has 12 heavy (non-hydrogen) atoms. The van der Waals surface area contributed by atoms with Crippen LogP contribution in [0.15, 0.2) is 29.7 Å². The molecule has 1 aliphatic rings. The summed E-state index contributed by atoms with van der Waals surface area (Å²) in [4.78, 5) is 23.1. The van der Waals surface area contributed by atoms with Crippen LogP contribution >= 0.6 is 0 Å². The van der Waals surface area contributed by atoms with Crippen molar-refractivity contribution in [3.63, 3.8) is 0 Å². The van der Waals surface area contributed by atoms with Gasteiger partial charge in [-0.05, 0) is 12.2 Å². The van der Waals surface area contributed by atoms with Crippen LogP contribution < -0.4 is 0 Å². The first-order chi connectivity index (χ1) is 5.63. The molecular formula is C9H9NO2. The summed E-state index contributed by atoms with van der Waals surface area (Å²) in [5.41, 5.74) is 3.35. The van der Waals surface area contributed by atoms with Crippen LogP contribution in [0.2, 0.25) is 0 Å². The van der Waals surface area contributed by atoms with Crippen LogP contribution in [0.25, 0.3) is 0 Å². The van der Waals surface area contributed by atoms with Crippen molar-refractivity contribution in [1.29, 1.82) is 0 Å². The summed E-state index contributed by atoms with van der Waals surface area (Å²) in [6.45, 7) is 2.71. The van der Waals surface area contributed by atoms with Crippen LogP contribution in [0.3, 0.4) is 0 Å². The molecule has 0 saturated carbocycles. The van der Waals surface area contributed by atoms with Gasteiger partial charge in [0.25, 0.3) is 0 Å². The smallest absolute Gasteiger partial charge is 0.230 e. The molecule has 2 amide bonds. The molecule has 0 fully saturated rings. The molecule has 0 aromatic rings. The summed E-state index contributed by atoms with van der Waals surface area (Å²) in [6.07, 6.45) is 4.93. The van der Waals surface area contributed by atoms with E-state index < -0.39 is 0 Å². The minimum Gasteiger partial charge on any atom is -0.274 e. The first kappa shape index (κ1) is 8.50. The SMILES string of the molecule is CC(=O)N(C(C)=O)C1=CC=C=C1. The van der Waals surface area contributed by atoms with Crippen molar-refractivity contribution in [2.45, 2.75) is 13.8 Å². The van der Waals surface area contributed by atoms with Gasteiger partial charge in [0, 0.05) is 19.9 Å². The van der Waals surface area contributed by atoms with Crippen LogP contribution in [-0.2, 0) is 9.59 Å². The van der Waals surface area contributed by atoms with E-state index in [-0.39, 0.29) is 11.8 Å². The molecule has 1 aliphatic carbocycles. The van der Waals surface area contributed by atoms with Crippen molar-refractivity contribution in [2.75, 3.05) is 0 Å². The highest BCUT2D eigenvalue weighted by molar-refractivity contribution is 5.95. The first-order valence-electron chi connectivity index (χ1n) is 3.57. The van der Waals surface area contributed by atoms with Gasteiger partial charge in [-0.25, -0.2) is 0 Å². The van der Waals surface area contributed by atoms with Gasteiger partial charge in [-0.2, -0.15) is 0 Å². The van der Waals surface area contributed by atoms with Gasteiger partial charge >= 0.3 is 0 Å². The number of nitrogens with zero attached hydrogens (tertiary/aromatic N) is 1. The number of hydrogen-bond donors (Lipinski definition) is 0. The van der Waals surface area contributed by atoms with Crippen LogP contribution in [-0.4, -0.2) is 16.7 Å². The third-order valence-corrected chi connectivity index (χ3v) is 1.47. The molecule has 0 aliphatic heterocycles. The number of hydrogen-bond acceptors (Lipinski definition) is 2. The summed E-state index contributed by atoms with van der Waals surface area (Å²) < 4.78 is 0. The van der Waals surface area contributed by atoms with Gasteiger partial charge in [-0.3, -0.25) is 14.5 Å². The van der Waals surface area contributed by atoms with E-state index in [1.54, 1.807) is 18.2 Å². The van der Waals surface area contributed by atoms with E-state index in [4.69, 9.17) is 0 Å². The van der Waals surface area contributed by atoms with Gasteiger partial charge in [0.15, 0.2) is 0 Å². The van der Waals surface area contributed by atoms with E-state index in [1.165, 1.54) is 13.8 Å². The number of amides is 2. The quantitative estimate of drug-likeness (QED) is 0.540. The predicted molar refractivity (Wildman–Crippen MR) is 43.9 cm³/mol. The van der Waals surface area contributed by atoms with Gasteiger partial charge in [-0.15, -0.1) is 5.73 Å². The average molecular weight is 163 g/mol. The number of allylic oxidation sites excluding steroid dienone is 2. The van der Waals surface area contributed by atoms with Crippen molar-refractivity contribution >= 4 is 11.8 Å². The normalized spacial score (nSPS) is 13.0. The summed E-state index contributed by atoms with van der Waals surface area (Å²) in [5, 5.41) is 0. The van der Waals surface area contributed by atoms with Crippen molar-refractivity contribution in [3.8, 4) is 0 Å². The molecule has 0 atom stereocenters. The summed E-state index contributed by atoms with van der Waals surface area (Å²) in [7, 11) is 0. The largest absolute Gasteiger partial charge is 0.274 e. The minimum atomic E-state index is -0.276. The molecule has 0 unspecified atom stereocenters. The first-order valence-corrected chi connectivity index (χ1v) is 3.57.